The number of hydrogen-bond donors (Lipinski definition) is 1. The molecular weight excluding hydrogens is 296 g/mol. The van der Waals surface area contributed by atoms with Crippen molar-refractivity contribution in [3.8, 4) is 6.07 Å². The van der Waals surface area contributed by atoms with Gasteiger partial charge >= 0.3 is 0 Å². The number of rotatable bonds is 4. The smallest absolute Gasteiger partial charge is 0.250 e. The molecule has 2 rings (SSSR count). The predicted molar refractivity (Wildman–Crippen MR) is 81.5 cm³/mol. The number of aromatic nitrogens is 2. The van der Waals surface area contributed by atoms with Gasteiger partial charge in [-0.05, 0) is 12.1 Å². The summed E-state index contributed by atoms with van der Waals surface area (Å²) in [5.41, 5.74) is -0.373. The third-order valence-corrected chi connectivity index (χ3v) is 3.07. The number of carbonyl (C=O) groups excluding carboxylic acids is 2. The molecule has 0 spiro atoms. The van der Waals surface area contributed by atoms with E-state index in [4.69, 9.17) is 9.78 Å². The lowest BCUT2D eigenvalue weighted by molar-refractivity contribution is -0.117. The van der Waals surface area contributed by atoms with Crippen LogP contribution in [0.1, 0.15) is 37.0 Å². The summed E-state index contributed by atoms with van der Waals surface area (Å²) in [6.45, 7) is 5.70. The van der Waals surface area contributed by atoms with E-state index in [2.05, 4.69) is 15.5 Å². The van der Waals surface area contributed by atoms with Gasteiger partial charge in [0, 0.05) is 17.7 Å². The molecule has 0 aliphatic carbocycles. The van der Waals surface area contributed by atoms with E-state index in [1.165, 1.54) is 12.3 Å². The lowest BCUT2D eigenvalue weighted by Gasteiger charge is -2.12. The van der Waals surface area contributed by atoms with Gasteiger partial charge in [-0.2, -0.15) is 5.26 Å². The molecule has 0 unspecified atom stereocenters. The molecule has 0 radical (unpaired) electrons. The summed E-state index contributed by atoms with van der Waals surface area (Å²) < 4.78 is 5.12. The lowest BCUT2D eigenvalue weighted by Crippen LogP contribution is -2.29. The average Bonchev–Trinajstić information content (AvgIpc) is 2.99. The van der Waals surface area contributed by atoms with Gasteiger partial charge in [0.05, 0.1) is 6.07 Å². The number of pyridine rings is 1. The Kier molecular flexibility index (Phi) is 4.55. The number of hydrogen-bond acceptors (Lipinski definition) is 6. The Bertz CT molecular complexity index is 754. The molecule has 2 heterocycles. The molecule has 2 aromatic rings. The summed E-state index contributed by atoms with van der Waals surface area (Å²) in [7, 11) is 0. The zero-order valence-corrected chi connectivity index (χ0v) is 13.0. The van der Waals surface area contributed by atoms with Gasteiger partial charge < -0.3 is 9.84 Å². The predicted octanol–water partition coefficient (Wildman–Crippen LogP) is 2.33. The normalized spacial score (nSPS) is 12.3. The topological polar surface area (TPSA) is 109 Å². The molecular formula is C16H16N4O3. The minimum Gasteiger partial charge on any atom is -0.360 e. The van der Waals surface area contributed by atoms with E-state index < -0.39 is 17.6 Å². The van der Waals surface area contributed by atoms with E-state index in [1.807, 2.05) is 20.8 Å². The largest absolute Gasteiger partial charge is 0.360 e. The number of amides is 1. The van der Waals surface area contributed by atoms with Crippen molar-refractivity contribution in [3.63, 3.8) is 0 Å². The standard InChI is InChI=1S/C16H16N4O3/c1-16(2,3)12-8-11(20-23-12)14(21)10(9-17)15(22)19-13-6-4-5-7-18-13/h4-8,10H,1-3H3,(H,18,19,22)/t10-/m0/s1. The van der Waals surface area contributed by atoms with E-state index >= 15 is 0 Å². The van der Waals surface area contributed by atoms with Crippen LogP contribution in [0.15, 0.2) is 35.0 Å². The first-order valence-electron chi connectivity index (χ1n) is 6.96. The molecule has 0 aliphatic rings. The number of anilines is 1. The molecule has 1 N–H and O–H groups in total. The quantitative estimate of drug-likeness (QED) is 0.685. The van der Waals surface area contributed by atoms with Gasteiger partial charge in [0.2, 0.25) is 5.78 Å². The lowest BCUT2D eigenvalue weighted by atomic mass is 9.92. The van der Waals surface area contributed by atoms with Crippen LogP contribution in [0.3, 0.4) is 0 Å². The Morgan fingerprint density at radius 1 is 1.35 bits per heavy atom. The van der Waals surface area contributed by atoms with Crippen molar-refractivity contribution in [3.05, 3.63) is 41.9 Å². The van der Waals surface area contributed by atoms with E-state index in [9.17, 15) is 9.59 Å². The highest BCUT2D eigenvalue weighted by Gasteiger charge is 2.31. The third kappa shape index (κ3) is 3.80. The summed E-state index contributed by atoms with van der Waals surface area (Å²) >= 11 is 0. The summed E-state index contributed by atoms with van der Waals surface area (Å²) in [6, 6.07) is 8.08. The van der Waals surface area contributed by atoms with Crippen LogP contribution in [0.25, 0.3) is 0 Å². The van der Waals surface area contributed by atoms with Crippen molar-refractivity contribution in [1.29, 1.82) is 5.26 Å². The fourth-order valence-corrected chi connectivity index (χ4v) is 1.76. The number of Topliss-reactive ketones (excluding diaryl/α,β-unsaturated/α-hetero) is 1. The summed E-state index contributed by atoms with van der Waals surface area (Å²) in [4.78, 5) is 28.3. The zero-order chi connectivity index (χ0) is 17.0. The Balaban J connectivity index is 2.17. The van der Waals surface area contributed by atoms with Crippen LogP contribution < -0.4 is 5.32 Å². The van der Waals surface area contributed by atoms with Crippen molar-refractivity contribution in [2.75, 3.05) is 5.32 Å². The van der Waals surface area contributed by atoms with Crippen LogP contribution in [0.2, 0.25) is 0 Å². The highest BCUT2D eigenvalue weighted by molar-refractivity contribution is 6.14. The Hall–Kier alpha value is -3.01. The van der Waals surface area contributed by atoms with E-state index in [-0.39, 0.29) is 16.9 Å². The highest BCUT2D eigenvalue weighted by atomic mass is 16.5. The SMILES string of the molecule is CC(C)(C)c1cc(C(=O)[C@H](C#N)C(=O)Nc2ccccn2)no1. The van der Waals surface area contributed by atoms with Gasteiger partial charge in [0.15, 0.2) is 11.6 Å². The molecule has 0 saturated heterocycles. The van der Waals surface area contributed by atoms with Gasteiger partial charge in [-0.15, -0.1) is 0 Å². The van der Waals surface area contributed by atoms with Crippen LogP contribution in [0.4, 0.5) is 5.82 Å². The molecule has 0 saturated carbocycles. The number of nitriles is 1. The highest BCUT2D eigenvalue weighted by Crippen LogP contribution is 2.23. The first-order chi connectivity index (χ1) is 10.8. The van der Waals surface area contributed by atoms with Crippen LogP contribution in [0, 0.1) is 17.2 Å². The number of ketones is 1. The molecule has 0 aliphatic heterocycles. The Morgan fingerprint density at radius 2 is 2.09 bits per heavy atom. The molecule has 0 bridgehead atoms. The molecule has 7 heteroatoms. The summed E-state index contributed by atoms with van der Waals surface area (Å²) in [6.07, 6.45) is 1.49. The first kappa shape index (κ1) is 16.4. The van der Waals surface area contributed by atoms with Crippen LogP contribution in [0.5, 0.6) is 0 Å². The van der Waals surface area contributed by atoms with Crippen LogP contribution >= 0.6 is 0 Å². The summed E-state index contributed by atoms with van der Waals surface area (Å²) in [5, 5.41) is 15.3. The molecule has 2 aromatic heterocycles. The van der Waals surface area contributed by atoms with Crippen molar-refractivity contribution in [2.45, 2.75) is 26.2 Å². The Labute approximate surface area is 133 Å². The van der Waals surface area contributed by atoms with Crippen molar-refractivity contribution < 1.29 is 14.1 Å². The molecule has 0 aromatic carbocycles. The van der Waals surface area contributed by atoms with Crippen molar-refractivity contribution >= 4 is 17.5 Å². The Morgan fingerprint density at radius 3 is 2.61 bits per heavy atom. The number of carbonyl (C=O) groups is 2. The van der Waals surface area contributed by atoms with Gasteiger partial charge in [-0.3, -0.25) is 9.59 Å². The van der Waals surface area contributed by atoms with Gasteiger partial charge in [-0.25, -0.2) is 4.98 Å². The molecule has 7 nitrogen and oxygen atoms in total. The molecule has 118 valence electrons. The number of nitrogens with zero attached hydrogens (tertiary/aromatic N) is 3. The molecule has 0 fully saturated rings. The van der Waals surface area contributed by atoms with E-state index in [0.717, 1.165) is 0 Å². The maximum absolute atomic E-state index is 12.3. The fourth-order valence-electron chi connectivity index (χ4n) is 1.76. The third-order valence-electron chi connectivity index (χ3n) is 3.07. The number of nitrogens with one attached hydrogen (secondary N) is 1. The van der Waals surface area contributed by atoms with Crippen LogP contribution in [-0.4, -0.2) is 21.8 Å². The maximum atomic E-state index is 12.3. The van der Waals surface area contributed by atoms with E-state index in [1.54, 1.807) is 24.3 Å². The zero-order valence-electron chi connectivity index (χ0n) is 13.0. The van der Waals surface area contributed by atoms with Crippen molar-refractivity contribution in [2.24, 2.45) is 5.92 Å². The second-order valence-electron chi connectivity index (χ2n) is 5.96. The monoisotopic (exact) mass is 312 g/mol. The second kappa shape index (κ2) is 6.40. The maximum Gasteiger partial charge on any atom is 0.250 e. The van der Waals surface area contributed by atoms with Crippen LogP contribution in [-0.2, 0) is 10.2 Å². The average molecular weight is 312 g/mol. The first-order valence-corrected chi connectivity index (χ1v) is 6.96. The summed E-state index contributed by atoms with van der Waals surface area (Å²) in [5.74, 6) is -2.21. The minimum absolute atomic E-state index is 0.0438. The fraction of sp³-hybridized carbons (Fsp3) is 0.312. The molecule has 23 heavy (non-hydrogen) atoms. The molecule has 1 amide bonds. The van der Waals surface area contributed by atoms with Gasteiger partial charge in [0.25, 0.3) is 5.91 Å². The molecule has 1 atom stereocenters. The second-order valence-corrected chi connectivity index (χ2v) is 5.96. The van der Waals surface area contributed by atoms with Crippen molar-refractivity contribution in [1.82, 2.24) is 10.1 Å². The van der Waals surface area contributed by atoms with Gasteiger partial charge in [-0.1, -0.05) is 32.0 Å². The minimum atomic E-state index is -1.52. The van der Waals surface area contributed by atoms with Gasteiger partial charge in [0.1, 0.15) is 11.6 Å². The van der Waals surface area contributed by atoms with E-state index in [0.29, 0.717) is 5.76 Å².